The van der Waals surface area contributed by atoms with Gasteiger partial charge >= 0.3 is 0 Å². The van der Waals surface area contributed by atoms with Crippen LogP contribution in [0.25, 0.3) is 0 Å². The van der Waals surface area contributed by atoms with Crippen molar-refractivity contribution in [2.75, 3.05) is 6.54 Å². The second kappa shape index (κ2) is 2.64. The molecule has 2 rings (SSSR count). The van der Waals surface area contributed by atoms with Crippen LogP contribution in [0.15, 0.2) is 30.3 Å². The first-order valence-electron chi connectivity index (χ1n) is 3.82. The van der Waals surface area contributed by atoms with Gasteiger partial charge in [-0.2, -0.15) is 0 Å². The molecule has 1 aliphatic rings. The molecule has 2 heteroatoms. The number of epoxide rings is 1. The van der Waals surface area contributed by atoms with Crippen molar-refractivity contribution in [3.05, 3.63) is 35.9 Å². The van der Waals surface area contributed by atoms with Crippen LogP contribution < -0.4 is 5.73 Å². The zero-order chi connectivity index (χ0) is 7.68. The Morgan fingerprint density at radius 3 is 2.55 bits per heavy atom. The largest absolute Gasteiger partial charge is 0.363 e. The van der Waals surface area contributed by atoms with E-state index in [9.17, 15) is 0 Å². The smallest absolute Gasteiger partial charge is 0.110 e. The molecule has 1 fully saturated rings. The van der Waals surface area contributed by atoms with Crippen LogP contribution in [0.3, 0.4) is 0 Å². The third-order valence-corrected chi connectivity index (χ3v) is 1.94. The zero-order valence-electron chi connectivity index (χ0n) is 6.23. The predicted octanol–water partition coefficient (Wildman–Crippen LogP) is 1.09. The van der Waals surface area contributed by atoms with Gasteiger partial charge in [-0.15, -0.1) is 0 Å². The van der Waals surface area contributed by atoms with Crippen LogP contribution in [0.5, 0.6) is 0 Å². The van der Waals surface area contributed by atoms with Gasteiger partial charge in [-0.3, -0.25) is 0 Å². The van der Waals surface area contributed by atoms with E-state index in [1.165, 1.54) is 5.56 Å². The number of benzene rings is 1. The average molecular weight is 149 g/mol. The van der Waals surface area contributed by atoms with Crippen molar-refractivity contribution in [2.45, 2.75) is 12.2 Å². The molecule has 58 valence electrons. The Morgan fingerprint density at radius 2 is 2.00 bits per heavy atom. The van der Waals surface area contributed by atoms with E-state index in [0.29, 0.717) is 6.54 Å². The van der Waals surface area contributed by atoms with E-state index >= 15 is 0 Å². The Bertz CT molecular complexity index is 235. The van der Waals surface area contributed by atoms with Gasteiger partial charge in [-0.05, 0) is 5.56 Å². The topological polar surface area (TPSA) is 38.5 Å². The maximum Gasteiger partial charge on any atom is 0.110 e. The quantitative estimate of drug-likeness (QED) is 0.639. The first-order valence-corrected chi connectivity index (χ1v) is 3.82. The zero-order valence-corrected chi connectivity index (χ0v) is 6.23. The summed E-state index contributed by atoms with van der Waals surface area (Å²) in [7, 11) is 0. The summed E-state index contributed by atoms with van der Waals surface area (Å²) in [4.78, 5) is 0. The summed E-state index contributed by atoms with van der Waals surface area (Å²) in [5.74, 6) is 0. The van der Waals surface area contributed by atoms with Gasteiger partial charge < -0.3 is 10.5 Å². The molecular weight excluding hydrogens is 138 g/mol. The lowest BCUT2D eigenvalue weighted by Gasteiger charge is -1.91. The van der Waals surface area contributed by atoms with Crippen LogP contribution >= 0.6 is 0 Å². The Balaban J connectivity index is 2.09. The van der Waals surface area contributed by atoms with Crippen molar-refractivity contribution in [1.82, 2.24) is 0 Å². The minimum absolute atomic E-state index is 0.261. The Hall–Kier alpha value is -0.860. The molecule has 2 N–H and O–H groups in total. The number of hydrogen-bond donors (Lipinski definition) is 1. The van der Waals surface area contributed by atoms with Gasteiger partial charge in [0.05, 0.1) is 0 Å². The van der Waals surface area contributed by atoms with E-state index in [4.69, 9.17) is 10.5 Å². The van der Waals surface area contributed by atoms with Gasteiger partial charge in [-0.25, -0.2) is 0 Å². The molecule has 0 unspecified atom stereocenters. The maximum atomic E-state index is 5.44. The normalized spacial score (nSPS) is 28.5. The molecule has 1 aromatic carbocycles. The summed E-state index contributed by atoms with van der Waals surface area (Å²) in [6.45, 7) is 0.625. The first-order chi connectivity index (χ1) is 5.42. The van der Waals surface area contributed by atoms with E-state index < -0.39 is 0 Å². The molecule has 0 spiro atoms. The standard InChI is InChI=1S/C9H11NO/c10-6-8-9(11-8)7-4-2-1-3-5-7/h1-5,8-9H,6,10H2/t8-,9+/m0/s1. The van der Waals surface area contributed by atoms with Crippen molar-refractivity contribution in [3.63, 3.8) is 0 Å². The maximum absolute atomic E-state index is 5.44. The number of hydrogen-bond acceptors (Lipinski definition) is 2. The Kier molecular flexibility index (Phi) is 1.64. The van der Waals surface area contributed by atoms with Crippen molar-refractivity contribution in [3.8, 4) is 0 Å². The van der Waals surface area contributed by atoms with E-state index in [2.05, 4.69) is 12.1 Å². The summed E-state index contributed by atoms with van der Waals surface area (Å²) in [5.41, 5.74) is 6.68. The fourth-order valence-corrected chi connectivity index (χ4v) is 1.26. The highest BCUT2D eigenvalue weighted by Gasteiger charge is 2.38. The highest BCUT2D eigenvalue weighted by molar-refractivity contribution is 5.22. The van der Waals surface area contributed by atoms with E-state index in [1.54, 1.807) is 0 Å². The summed E-state index contributed by atoms with van der Waals surface area (Å²) < 4.78 is 5.33. The fourth-order valence-electron chi connectivity index (χ4n) is 1.26. The molecule has 2 atom stereocenters. The molecule has 0 aliphatic carbocycles. The minimum Gasteiger partial charge on any atom is -0.363 e. The lowest BCUT2D eigenvalue weighted by molar-refractivity contribution is 0.376. The second-order valence-corrected chi connectivity index (χ2v) is 2.74. The molecule has 1 aliphatic heterocycles. The number of rotatable bonds is 2. The van der Waals surface area contributed by atoms with Gasteiger partial charge in [0.2, 0.25) is 0 Å². The molecular formula is C9H11NO. The summed E-state index contributed by atoms with van der Waals surface area (Å²) in [6, 6.07) is 10.2. The van der Waals surface area contributed by atoms with Crippen molar-refractivity contribution < 1.29 is 4.74 Å². The highest BCUT2D eigenvalue weighted by Crippen LogP contribution is 2.37. The minimum atomic E-state index is 0.261. The SMILES string of the molecule is NC[C@@H]1O[C@@H]1c1ccccc1. The molecule has 0 amide bonds. The molecule has 0 aromatic heterocycles. The molecule has 0 radical (unpaired) electrons. The van der Waals surface area contributed by atoms with Crippen LogP contribution in [-0.4, -0.2) is 12.6 Å². The lowest BCUT2D eigenvalue weighted by atomic mass is 10.1. The summed E-state index contributed by atoms with van der Waals surface area (Å²) in [6.07, 6.45) is 0.526. The van der Waals surface area contributed by atoms with Gasteiger partial charge in [0.25, 0.3) is 0 Å². The first kappa shape index (κ1) is 6.83. The van der Waals surface area contributed by atoms with Gasteiger partial charge in [0.1, 0.15) is 12.2 Å². The van der Waals surface area contributed by atoms with Crippen molar-refractivity contribution in [2.24, 2.45) is 5.73 Å². The molecule has 0 saturated carbocycles. The van der Waals surface area contributed by atoms with E-state index in [1.807, 2.05) is 18.2 Å². The number of ether oxygens (including phenoxy) is 1. The average Bonchev–Trinajstić information content (AvgIpc) is 2.85. The molecule has 1 heterocycles. The fraction of sp³-hybridized carbons (Fsp3) is 0.333. The van der Waals surface area contributed by atoms with Gasteiger partial charge in [0, 0.05) is 6.54 Å². The second-order valence-electron chi connectivity index (χ2n) is 2.74. The van der Waals surface area contributed by atoms with Gasteiger partial charge in [0.15, 0.2) is 0 Å². The van der Waals surface area contributed by atoms with Crippen LogP contribution in [-0.2, 0) is 4.74 Å². The third-order valence-electron chi connectivity index (χ3n) is 1.94. The van der Waals surface area contributed by atoms with Crippen LogP contribution in [0.4, 0.5) is 0 Å². The summed E-state index contributed by atoms with van der Waals surface area (Å²) in [5, 5.41) is 0. The molecule has 0 bridgehead atoms. The lowest BCUT2D eigenvalue weighted by Crippen LogP contribution is -2.06. The molecule has 2 nitrogen and oxygen atoms in total. The van der Waals surface area contributed by atoms with Crippen molar-refractivity contribution in [1.29, 1.82) is 0 Å². The summed E-state index contributed by atoms with van der Waals surface area (Å²) >= 11 is 0. The van der Waals surface area contributed by atoms with Gasteiger partial charge in [-0.1, -0.05) is 30.3 Å². The van der Waals surface area contributed by atoms with E-state index in [0.717, 1.165) is 0 Å². The predicted molar refractivity (Wildman–Crippen MR) is 43.1 cm³/mol. The Labute approximate surface area is 66.0 Å². The molecule has 11 heavy (non-hydrogen) atoms. The monoisotopic (exact) mass is 149 g/mol. The van der Waals surface area contributed by atoms with Crippen LogP contribution in [0.2, 0.25) is 0 Å². The molecule has 1 saturated heterocycles. The molecule has 1 aromatic rings. The van der Waals surface area contributed by atoms with Crippen molar-refractivity contribution >= 4 is 0 Å². The highest BCUT2D eigenvalue weighted by atomic mass is 16.6. The van der Waals surface area contributed by atoms with Crippen LogP contribution in [0.1, 0.15) is 11.7 Å². The Morgan fingerprint density at radius 1 is 1.27 bits per heavy atom. The van der Waals surface area contributed by atoms with E-state index in [-0.39, 0.29) is 12.2 Å². The third kappa shape index (κ3) is 1.27. The van der Waals surface area contributed by atoms with Crippen LogP contribution in [0, 0.1) is 0 Å². The number of nitrogens with two attached hydrogens (primary N) is 1.